The van der Waals surface area contributed by atoms with Gasteiger partial charge in [0.25, 0.3) is 0 Å². The van der Waals surface area contributed by atoms with Crippen molar-refractivity contribution in [2.45, 2.75) is 13.0 Å². The fourth-order valence-corrected chi connectivity index (χ4v) is 4.17. The van der Waals surface area contributed by atoms with Crippen molar-refractivity contribution in [2.24, 2.45) is 7.05 Å². The molecule has 0 saturated carbocycles. The van der Waals surface area contributed by atoms with E-state index in [9.17, 15) is 13.2 Å². The first-order chi connectivity index (χ1) is 13.4. The number of hydrogen-bond acceptors (Lipinski definition) is 5. The van der Waals surface area contributed by atoms with E-state index in [2.05, 4.69) is 9.88 Å². The summed E-state index contributed by atoms with van der Waals surface area (Å²) in [6, 6.07) is 9.18. The van der Waals surface area contributed by atoms with Crippen molar-refractivity contribution in [3.8, 4) is 0 Å². The number of carbonyl (C=O) groups is 1. The van der Waals surface area contributed by atoms with Crippen LogP contribution in [0.2, 0.25) is 0 Å². The summed E-state index contributed by atoms with van der Waals surface area (Å²) in [6.45, 7) is 3.40. The molecule has 1 fully saturated rings. The number of amides is 1. The summed E-state index contributed by atoms with van der Waals surface area (Å²) in [5.41, 5.74) is 0.790. The smallest absolute Gasteiger partial charge is 0.238 e. The zero-order valence-corrected chi connectivity index (χ0v) is 16.9. The van der Waals surface area contributed by atoms with E-state index >= 15 is 0 Å². The van der Waals surface area contributed by atoms with Crippen LogP contribution in [0.15, 0.2) is 48.1 Å². The van der Waals surface area contributed by atoms with Crippen LogP contribution in [0.5, 0.6) is 0 Å². The Morgan fingerprint density at radius 3 is 2.64 bits per heavy atom. The van der Waals surface area contributed by atoms with Gasteiger partial charge < -0.3 is 9.47 Å². The zero-order chi connectivity index (χ0) is 20.0. The van der Waals surface area contributed by atoms with Crippen LogP contribution in [0.25, 0.3) is 6.08 Å². The normalized spacial score (nSPS) is 16.4. The molecule has 1 aromatic heterocycles. The predicted octanol–water partition coefficient (Wildman–Crippen LogP) is 1.54. The average Bonchev–Trinajstić information content (AvgIpc) is 2.92. The lowest BCUT2D eigenvalue weighted by Crippen LogP contribution is -2.38. The van der Waals surface area contributed by atoms with Gasteiger partial charge in [0, 0.05) is 51.0 Å². The van der Waals surface area contributed by atoms with Gasteiger partial charge in [0.05, 0.1) is 6.54 Å². The van der Waals surface area contributed by atoms with Crippen molar-refractivity contribution in [1.29, 1.82) is 0 Å². The van der Waals surface area contributed by atoms with Crippen LogP contribution in [0.3, 0.4) is 0 Å². The molecule has 0 atom stereocenters. The summed E-state index contributed by atoms with van der Waals surface area (Å²) in [5.74, 6) is 0.153. The topological polar surface area (TPSA) is 75.5 Å². The van der Waals surface area contributed by atoms with Gasteiger partial charge in [-0.15, -0.1) is 0 Å². The Morgan fingerprint density at radius 2 is 1.93 bits per heavy atom. The second-order valence-electron chi connectivity index (χ2n) is 6.99. The second kappa shape index (κ2) is 9.16. The van der Waals surface area contributed by atoms with Gasteiger partial charge in [0.15, 0.2) is 9.84 Å². The molecule has 0 N–H and O–H groups in total. The quantitative estimate of drug-likeness (QED) is 0.733. The summed E-state index contributed by atoms with van der Waals surface area (Å²) < 4.78 is 26.6. The Bertz CT molecular complexity index is 922. The van der Waals surface area contributed by atoms with Crippen molar-refractivity contribution in [2.75, 3.05) is 31.9 Å². The fourth-order valence-electron chi connectivity index (χ4n) is 3.19. The summed E-state index contributed by atoms with van der Waals surface area (Å²) in [5, 5.41) is 1.13. The minimum Gasteiger partial charge on any atom is -0.340 e. The minimum atomic E-state index is -3.60. The van der Waals surface area contributed by atoms with Crippen molar-refractivity contribution < 1.29 is 13.2 Å². The molecule has 0 bridgehead atoms. The Morgan fingerprint density at radius 1 is 1.14 bits per heavy atom. The summed E-state index contributed by atoms with van der Waals surface area (Å²) in [7, 11) is -1.64. The molecular weight excluding hydrogens is 376 g/mol. The van der Waals surface area contributed by atoms with Gasteiger partial charge in [-0.2, -0.15) is 0 Å². The third-order valence-corrected chi connectivity index (χ3v) is 6.02. The maximum atomic E-state index is 12.5. The Labute approximate surface area is 166 Å². The summed E-state index contributed by atoms with van der Waals surface area (Å²) in [4.78, 5) is 20.8. The lowest BCUT2D eigenvalue weighted by Gasteiger charge is -2.21. The number of rotatable bonds is 6. The van der Waals surface area contributed by atoms with Crippen LogP contribution in [0, 0.1) is 0 Å². The molecular formula is C20H26N4O3S. The van der Waals surface area contributed by atoms with Crippen molar-refractivity contribution in [3.05, 3.63) is 59.5 Å². The van der Waals surface area contributed by atoms with Crippen LogP contribution >= 0.6 is 0 Å². The first kappa shape index (κ1) is 20.3. The summed E-state index contributed by atoms with van der Waals surface area (Å²) in [6.07, 6.45) is 6.03. The van der Waals surface area contributed by atoms with Gasteiger partial charge in [-0.05, 0) is 18.1 Å². The molecule has 1 aliphatic rings. The zero-order valence-electron chi connectivity index (χ0n) is 16.1. The third kappa shape index (κ3) is 5.77. The van der Waals surface area contributed by atoms with Crippen LogP contribution in [0.4, 0.5) is 0 Å². The molecule has 0 radical (unpaired) electrons. The molecule has 1 aliphatic heterocycles. The summed E-state index contributed by atoms with van der Waals surface area (Å²) >= 11 is 0. The number of aryl methyl sites for hydroxylation is 1. The Balaban J connectivity index is 1.54. The Kier molecular flexibility index (Phi) is 6.64. The number of imidazole rings is 1. The van der Waals surface area contributed by atoms with Gasteiger partial charge in [-0.25, -0.2) is 13.4 Å². The molecule has 0 unspecified atom stereocenters. The largest absolute Gasteiger partial charge is 0.340 e. The van der Waals surface area contributed by atoms with Crippen LogP contribution in [0.1, 0.15) is 17.8 Å². The lowest BCUT2D eigenvalue weighted by molar-refractivity contribution is -0.128. The van der Waals surface area contributed by atoms with Crippen molar-refractivity contribution >= 4 is 21.8 Å². The highest BCUT2D eigenvalue weighted by Crippen LogP contribution is 2.10. The van der Waals surface area contributed by atoms with Crippen molar-refractivity contribution in [3.63, 3.8) is 0 Å². The first-order valence-electron chi connectivity index (χ1n) is 9.35. The van der Waals surface area contributed by atoms with Gasteiger partial charge in [0.2, 0.25) is 5.91 Å². The molecule has 2 aromatic rings. The monoisotopic (exact) mass is 402 g/mol. The van der Waals surface area contributed by atoms with E-state index in [1.165, 1.54) is 6.08 Å². The average molecular weight is 403 g/mol. The van der Waals surface area contributed by atoms with E-state index in [0.717, 1.165) is 36.3 Å². The Hall–Kier alpha value is -2.45. The predicted molar refractivity (Wildman–Crippen MR) is 109 cm³/mol. The van der Waals surface area contributed by atoms with E-state index in [4.69, 9.17) is 0 Å². The van der Waals surface area contributed by atoms with E-state index in [1.54, 1.807) is 11.1 Å². The molecule has 1 aromatic carbocycles. The van der Waals surface area contributed by atoms with Gasteiger partial charge in [-0.1, -0.05) is 30.3 Å². The molecule has 7 nitrogen and oxygen atoms in total. The van der Waals surface area contributed by atoms with Gasteiger partial charge in [0.1, 0.15) is 11.6 Å². The van der Waals surface area contributed by atoms with E-state index in [1.807, 2.05) is 48.1 Å². The third-order valence-electron chi connectivity index (χ3n) is 4.82. The van der Waals surface area contributed by atoms with Crippen LogP contribution in [-0.2, 0) is 28.2 Å². The lowest BCUT2D eigenvalue weighted by atomic mass is 10.2. The SMILES string of the molecule is Cn1ccnc1CN1CCCN(C(=O)CS(=O)(=O)C=Cc2ccccc2)CC1. The van der Waals surface area contributed by atoms with E-state index < -0.39 is 15.6 Å². The van der Waals surface area contributed by atoms with Crippen molar-refractivity contribution in [1.82, 2.24) is 19.4 Å². The molecule has 3 rings (SSSR count). The number of hydrogen-bond donors (Lipinski definition) is 0. The van der Waals surface area contributed by atoms with E-state index in [-0.39, 0.29) is 5.91 Å². The number of sulfone groups is 1. The molecule has 0 aliphatic carbocycles. The highest BCUT2D eigenvalue weighted by molar-refractivity contribution is 7.95. The number of nitrogens with zero attached hydrogens (tertiary/aromatic N) is 4. The van der Waals surface area contributed by atoms with E-state index in [0.29, 0.717) is 19.6 Å². The number of benzene rings is 1. The number of carbonyl (C=O) groups excluding carboxylic acids is 1. The molecule has 28 heavy (non-hydrogen) atoms. The molecule has 1 amide bonds. The standard InChI is InChI=1S/C20H26N4O3S/c1-22-12-9-21-19(22)16-23-10-5-11-24(14-13-23)20(25)17-28(26,27)15-8-18-6-3-2-4-7-18/h2-4,6-9,12,15H,5,10-11,13-14,16-17H2,1H3. The minimum absolute atomic E-state index is 0.337. The first-order valence-corrected chi connectivity index (χ1v) is 11.1. The maximum absolute atomic E-state index is 12.5. The molecule has 150 valence electrons. The fraction of sp³-hybridized carbons (Fsp3) is 0.400. The maximum Gasteiger partial charge on any atom is 0.238 e. The molecule has 8 heteroatoms. The second-order valence-corrected chi connectivity index (χ2v) is 8.87. The highest BCUT2D eigenvalue weighted by atomic mass is 32.2. The molecule has 1 saturated heterocycles. The molecule has 2 heterocycles. The van der Waals surface area contributed by atoms with Crippen LogP contribution < -0.4 is 0 Å². The van der Waals surface area contributed by atoms with Gasteiger partial charge in [-0.3, -0.25) is 9.69 Å². The molecule has 0 spiro atoms. The van der Waals surface area contributed by atoms with Crippen LogP contribution in [-0.4, -0.2) is 65.6 Å². The number of aromatic nitrogens is 2. The highest BCUT2D eigenvalue weighted by Gasteiger charge is 2.23. The van der Waals surface area contributed by atoms with Gasteiger partial charge >= 0.3 is 0 Å².